The largest absolute Gasteiger partial charge is 0.493 e. The maximum atomic E-state index is 12.9. The molecular formula is C18H23NO5S. The van der Waals surface area contributed by atoms with Gasteiger partial charge in [-0.1, -0.05) is 13.0 Å². The lowest BCUT2D eigenvalue weighted by molar-refractivity contribution is -0.136. The van der Waals surface area contributed by atoms with Crippen LogP contribution in [0.1, 0.15) is 18.9 Å². The molecule has 7 heteroatoms. The van der Waals surface area contributed by atoms with Crippen LogP contribution in [-0.4, -0.2) is 56.9 Å². The number of rotatable bonds is 9. The molecule has 0 N–H and O–H groups in total. The van der Waals surface area contributed by atoms with Crippen molar-refractivity contribution >= 4 is 29.1 Å². The Hall–Kier alpha value is -1.99. The molecule has 1 aliphatic heterocycles. The molecule has 2 rings (SSSR count). The van der Waals surface area contributed by atoms with Crippen LogP contribution in [0.4, 0.5) is 0 Å². The Morgan fingerprint density at radius 3 is 2.36 bits per heavy atom. The van der Waals surface area contributed by atoms with E-state index in [0.29, 0.717) is 52.9 Å². The van der Waals surface area contributed by atoms with Gasteiger partial charge in [-0.25, -0.2) is 0 Å². The summed E-state index contributed by atoms with van der Waals surface area (Å²) < 4.78 is 15.6. The first kappa shape index (κ1) is 19.3. The van der Waals surface area contributed by atoms with Gasteiger partial charge in [0, 0.05) is 20.3 Å². The van der Waals surface area contributed by atoms with Crippen LogP contribution in [0.5, 0.6) is 11.5 Å². The molecule has 136 valence electrons. The van der Waals surface area contributed by atoms with E-state index in [-0.39, 0.29) is 11.8 Å². The summed E-state index contributed by atoms with van der Waals surface area (Å²) >= 11 is 1.38. The van der Waals surface area contributed by atoms with Crippen molar-refractivity contribution in [3.8, 4) is 11.5 Å². The highest BCUT2D eigenvalue weighted by Gasteiger charge is 2.38. The smallest absolute Gasteiger partial charge is 0.267 e. The summed E-state index contributed by atoms with van der Waals surface area (Å²) in [4.78, 5) is 27.3. The second-order valence-electron chi connectivity index (χ2n) is 5.32. The molecule has 1 heterocycles. The van der Waals surface area contributed by atoms with Crippen molar-refractivity contribution in [2.75, 3.05) is 40.2 Å². The molecule has 0 radical (unpaired) electrons. The van der Waals surface area contributed by atoms with E-state index in [0.717, 1.165) is 0 Å². The van der Waals surface area contributed by atoms with Crippen LogP contribution in [0.15, 0.2) is 23.1 Å². The van der Waals surface area contributed by atoms with E-state index in [1.807, 2.05) is 6.92 Å². The quantitative estimate of drug-likeness (QED) is 0.495. The van der Waals surface area contributed by atoms with E-state index in [4.69, 9.17) is 14.2 Å². The van der Waals surface area contributed by atoms with Gasteiger partial charge in [0.2, 0.25) is 0 Å². The first-order valence-corrected chi connectivity index (χ1v) is 9.02. The average Bonchev–Trinajstić information content (AvgIpc) is 2.86. The van der Waals surface area contributed by atoms with Gasteiger partial charge in [-0.3, -0.25) is 14.5 Å². The Labute approximate surface area is 152 Å². The third-order valence-corrected chi connectivity index (χ3v) is 4.77. The summed E-state index contributed by atoms with van der Waals surface area (Å²) in [6.45, 7) is 2.80. The zero-order chi connectivity index (χ0) is 18.4. The second-order valence-corrected chi connectivity index (χ2v) is 6.59. The van der Waals surface area contributed by atoms with E-state index in [9.17, 15) is 9.59 Å². The lowest BCUT2D eigenvalue weighted by atomic mass is 10.1. The highest BCUT2D eigenvalue weighted by Crippen LogP contribution is 2.38. The molecule has 25 heavy (non-hydrogen) atoms. The van der Waals surface area contributed by atoms with E-state index < -0.39 is 0 Å². The average molecular weight is 365 g/mol. The first-order valence-electron chi connectivity index (χ1n) is 8.03. The second kappa shape index (κ2) is 8.92. The molecule has 0 atom stereocenters. The molecule has 0 bridgehead atoms. The van der Waals surface area contributed by atoms with Crippen molar-refractivity contribution in [1.29, 1.82) is 0 Å². The van der Waals surface area contributed by atoms with Gasteiger partial charge in [0.05, 0.1) is 24.7 Å². The van der Waals surface area contributed by atoms with Crippen molar-refractivity contribution in [3.63, 3.8) is 0 Å². The Morgan fingerprint density at radius 2 is 1.76 bits per heavy atom. The third-order valence-electron chi connectivity index (χ3n) is 3.82. The molecule has 2 amide bonds. The van der Waals surface area contributed by atoms with Gasteiger partial charge in [-0.2, -0.15) is 0 Å². The van der Waals surface area contributed by atoms with Gasteiger partial charge in [-0.15, -0.1) is 11.8 Å². The van der Waals surface area contributed by atoms with Crippen LogP contribution in [0.25, 0.3) is 5.57 Å². The molecule has 1 aromatic rings. The minimum atomic E-state index is -0.274. The molecule has 6 nitrogen and oxygen atoms in total. The van der Waals surface area contributed by atoms with Crippen LogP contribution in [-0.2, 0) is 14.3 Å². The van der Waals surface area contributed by atoms with Crippen molar-refractivity contribution in [2.24, 2.45) is 0 Å². The van der Waals surface area contributed by atoms with E-state index in [1.54, 1.807) is 32.4 Å². The van der Waals surface area contributed by atoms with Crippen LogP contribution in [0.3, 0.4) is 0 Å². The molecule has 0 saturated heterocycles. The number of amides is 2. The molecule has 1 aliphatic rings. The minimum Gasteiger partial charge on any atom is -0.493 e. The third kappa shape index (κ3) is 3.99. The summed E-state index contributed by atoms with van der Waals surface area (Å²) in [5, 5.41) is 0. The summed E-state index contributed by atoms with van der Waals surface area (Å²) in [6, 6.07) is 5.24. The number of carbonyl (C=O) groups excluding carboxylic acids is 2. The van der Waals surface area contributed by atoms with Gasteiger partial charge in [0.1, 0.15) is 0 Å². The van der Waals surface area contributed by atoms with Crippen molar-refractivity contribution in [3.05, 3.63) is 28.7 Å². The molecule has 0 unspecified atom stereocenters. The predicted octanol–water partition coefficient (Wildman–Crippen LogP) is 2.57. The SMILES string of the molecule is CCSC1=C(c2ccc(OC)c(OC)c2)C(=O)N(CCCOC)C1=O. The standard InChI is InChI=1S/C18H23NO5S/c1-5-25-16-15(12-7-8-13(23-3)14(11-12)24-4)17(20)19(18(16)21)9-6-10-22-2/h7-8,11H,5-6,9-10H2,1-4H3. The Morgan fingerprint density at radius 1 is 1.04 bits per heavy atom. The maximum absolute atomic E-state index is 12.9. The number of imide groups is 1. The number of benzene rings is 1. The zero-order valence-corrected chi connectivity index (χ0v) is 15.8. The topological polar surface area (TPSA) is 65.1 Å². The van der Waals surface area contributed by atoms with Crippen LogP contribution in [0, 0.1) is 0 Å². The monoisotopic (exact) mass is 365 g/mol. The zero-order valence-electron chi connectivity index (χ0n) is 15.0. The fourth-order valence-corrected chi connectivity index (χ4v) is 3.52. The summed E-state index contributed by atoms with van der Waals surface area (Å²) in [5.41, 5.74) is 1.08. The number of ether oxygens (including phenoxy) is 3. The normalized spacial score (nSPS) is 14.5. The minimum absolute atomic E-state index is 0.238. The van der Waals surface area contributed by atoms with Crippen LogP contribution < -0.4 is 9.47 Å². The summed E-state index contributed by atoms with van der Waals surface area (Å²) in [5.74, 6) is 1.29. The van der Waals surface area contributed by atoms with Crippen molar-refractivity contribution < 1.29 is 23.8 Å². The van der Waals surface area contributed by atoms with Crippen LogP contribution in [0.2, 0.25) is 0 Å². The van der Waals surface area contributed by atoms with Gasteiger partial charge in [0.15, 0.2) is 11.5 Å². The number of hydrogen-bond acceptors (Lipinski definition) is 6. The van der Waals surface area contributed by atoms with E-state index in [2.05, 4.69) is 0 Å². The first-order chi connectivity index (χ1) is 12.1. The lowest BCUT2D eigenvalue weighted by Crippen LogP contribution is -2.33. The molecule has 0 aromatic heterocycles. The summed E-state index contributed by atoms with van der Waals surface area (Å²) in [6.07, 6.45) is 0.608. The van der Waals surface area contributed by atoms with Gasteiger partial charge >= 0.3 is 0 Å². The number of methoxy groups -OCH3 is 3. The fourth-order valence-electron chi connectivity index (χ4n) is 2.65. The summed E-state index contributed by atoms with van der Waals surface area (Å²) in [7, 11) is 4.69. The van der Waals surface area contributed by atoms with Crippen molar-refractivity contribution in [1.82, 2.24) is 4.90 Å². The molecule has 0 fully saturated rings. The highest BCUT2D eigenvalue weighted by atomic mass is 32.2. The van der Waals surface area contributed by atoms with Crippen LogP contribution >= 0.6 is 11.8 Å². The number of nitrogens with zero attached hydrogens (tertiary/aromatic N) is 1. The van der Waals surface area contributed by atoms with Gasteiger partial charge in [-0.05, 0) is 29.9 Å². The van der Waals surface area contributed by atoms with E-state index >= 15 is 0 Å². The van der Waals surface area contributed by atoms with Gasteiger partial charge < -0.3 is 14.2 Å². The number of carbonyl (C=O) groups is 2. The van der Waals surface area contributed by atoms with E-state index in [1.165, 1.54) is 23.8 Å². The molecule has 0 saturated carbocycles. The number of thioether (sulfide) groups is 1. The lowest BCUT2D eigenvalue weighted by Gasteiger charge is -2.15. The Kier molecular flexibility index (Phi) is 6.90. The Balaban J connectivity index is 2.41. The number of hydrogen-bond donors (Lipinski definition) is 0. The maximum Gasteiger partial charge on any atom is 0.267 e. The van der Waals surface area contributed by atoms with Gasteiger partial charge in [0.25, 0.3) is 11.8 Å². The molecule has 0 aliphatic carbocycles. The molecule has 0 spiro atoms. The van der Waals surface area contributed by atoms with Crippen molar-refractivity contribution in [2.45, 2.75) is 13.3 Å². The Bertz CT molecular complexity index is 686. The fraction of sp³-hybridized carbons (Fsp3) is 0.444. The predicted molar refractivity (Wildman–Crippen MR) is 97.8 cm³/mol. The highest BCUT2D eigenvalue weighted by molar-refractivity contribution is 8.04. The molecule has 1 aromatic carbocycles. The molecular weight excluding hydrogens is 342 g/mol.